The van der Waals surface area contributed by atoms with Crippen molar-refractivity contribution >= 4 is 5.97 Å². The number of benzene rings is 1. The zero-order chi connectivity index (χ0) is 22.6. The van der Waals surface area contributed by atoms with Gasteiger partial charge in [0.25, 0.3) is 0 Å². The summed E-state index contributed by atoms with van der Waals surface area (Å²) in [5.74, 6) is 0.0264. The molecule has 0 amide bonds. The predicted octanol–water partition coefficient (Wildman–Crippen LogP) is 4.00. The molecule has 0 spiro atoms. The Morgan fingerprint density at radius 3 is 2.61 bits per heavy atom. The lowest BCUT2D eigenvalue weighted by Gasteiger charge is -2.27. The van der Waals surface area contributed by atoms with Crippen molar-refractivity contribution in [2.45, 2.75) is 46.1 Å². The summed E-state index contributed by atoms with van der Waals surface area (Å²) in [6, 6.07) is 5.31. The van der Waals surface area contributed by atoms with Crippen LogP contribution in [0, 0.1) is 5.41 Å². The first-order chi connectivity index (χ1) is 14.8. The maximum absolute atomic E-state index is 12.6. The molecule has 2 aromatic rings. The van der Waals surface area contributed by atoms with E-state index >= 15 is 0 Å². The zero-order valence-electron chi connectivity index (χ0n) is 18.7. The normalized spacial score (nSPS) is 15.1. The Labute approximate surface area is 182 Å². The molecule has 1 aliphatic rings. The lowest BCUT2D eigenvalue weighted by atomic mass is 9.86. The first-order valence-corrected chi connectivity index (χ1v) is 10.6. The Hall–Kier alpha value is -2.80. The Bertz CT molecular complexity index is 1010. The maximum Gasteiger partial charge on any atom is 0.341 e. The monoisotopic (exact) mass is 429 g/mol. The number of aromatic nitrogens is 1. The van der Waals surface area contributed by atoms with E-state index in [0.717, 1.165) is 36.8 Å². The van der Waals surface area contributed by atoms with Crippen LogP contribution in [-0.2, 0) is 17.7 Å². The summed E-state index contributed by atoms with van der Waals surface area (Å²) >= 11 is 0. The smallest absolute Gasteiger partial charge is 0.341 e. The minimum Gasteiger partial charge on any atom is -0.493 e. The quantitative estimate of drug-likeness (QED) is 0.670. The fraction of sp³-hybridized carbons (Fsp3) is 0.500. The summed E-state index contributed by atoms with van der Waals surface area (Å²) in [5.41, 5.74) is 1.85. The fourth-order valence-corrected chi connectivity index (χ4v) is 4.10. The summed E-state index contributed by atoms with van der Waals surface area (Å²) < 4.78 is 18.5. The molecule has 0 fully saturated rings. The van der Waals surface area contributed by atoms with Gasteiger partial charge in [-0.2, -0.15) is 0 Å². The average molecular weight is 430 g/mol. The molecule has 1 N–H and O–H groups in total. The van der Waals surface area contributed by atoms with Gasteiger partial charge in [-0.3, -0.25) is 4.79 Å². The van der Waals surface area contributed by atoms with Crippen LogP contribution in [0.3, 0.4) is 0 Å². The molecular formula is C24H31NO6. The Morgan fingerprint density at radius 2 is 1.94 bits per heavy atom. The van der Waals surface area contributed by atoms with E-state index in [0.29, 0.717) is 37.0 Å². The second-order valence-corrected chi connectivity index (χ2v) is 8.74. The number of rotatable bonds is 7. The van der Waals surface area contributed by atoms with Gasteiger partial charge < -0.3 is 23.9 Å². The van der Waals surface area contributed by atoms with Crippen LogP contribution in [0.1, 0.15) is 49.0 Å². The number of carboxylic acids is 1. The molecule has 168 valence electrons. The summed E-state index contributed by atoms with van der Waals surface area (Å²) in [5, 5.41) is 9.45. The van der Waals surface area contributed by atoms with Crippen LogP contribution in [0.25, 0.3) is 11.3 Å². The van der Waals surface area contributed by atoms with Gasteiger partial charge in [0.1, 0.15) is 5.56 Å². The van der Waals surface area contributed by atoms with Crippen molar-refractivity contribution in [2.24, 2.45) is 5.41 Å². The zero-order valence-corrected chi connectivity index (χ0v) is 18.7. The van der Waals surface area contributed by atoms with Gasteiger partial charge in [-0.15, -0.1) is 0 Å². The van der Waals surface area contributed by atoms with E-state index in [1.807, 2.05) is 16.7 Å². The van der Waals surface area contributed by atoms with Gasteiger partial charge >= 0.3 is 5.97 Å². The van der Waals surface area contributed by atoms with E-state index in [1.165, 1.54) is 12.3 Å². The molecular weight excluding hydrogens is 398 g/mol. The van der Waals surface area contributed by atoms with Crippen molar-refractivity contribution in [3.63, 3.8) is 0 Å². The predicted molar refractivity (Wildman–Crippen MR) is 118 cm³/mol. The number of aryl methyl sites for hydroxylation is 1. The van der Waals surface area contributed by atoms with E-state index in [1.54, 1.807) is 14.2 Å². The Balaban J connectivity index is 2.15. The van der Waals surface area contributed by atoms with E-state index in [9.17, 15) is 14.7 Å². The van der Waals surface area contributed by atoms with Crippen LogP contribution in [0.5, 0.6) is 11.5 Å². The second kappa shape index (κ2) is 9.56. The molecule has 0 bridgehead atoms. The lowest BCUT2D eigenvalue weighted by molar-refractivity contribution is 0.0694. The molecule has 31 heavy (non-hydrogen) atoms. The van der Waals surface area contributed by atoms with Crippen molar-refractivity contribution in [3.8, 4) is 22.8 Å². The third kappa shape index (κ3) is 5.28. The highest BCUT2D eigenvalue weighted by atomic mass is 16.5. The van der Waals surface area contributed by atoms with Crippen LogP contribution < -0.4 is 14.9 Å². The van der Waals surface area contributed by atoms with Crippen molar-refractivity contribution in [1.82, 2.24) is 4.57 Å². The molecule has 0 atom stereocenters. The van der Waals surface area contributed by atoms with Crippen molar-refractivity contribution < 1.29 is 24.1 Å². The Kier molecular flexibility index (Phi) is 7.05. The summed E-state index contributed by atoms with van der Waals surface area (Å²) in [7, 11) is 3.24. The number of carbonyl (C=O) groups is 1. The van der Waals surface area contributed by atoms with E-state index in [2.05, 4.69) is 13.8 Å². The molecule has 1 aromatic heterocycles. The molecule has 7 nitrogen and oxygen atoms in total. The molecule has 1 aromatic carbocycles. The SMILES string of the molecule is COCCCOc1cc2c(cc1OC)-c1cc(=O)c(C(=O)O)cn1CC(C)(C)CCC2. The molecule has 0 radical (unpaired) electrons. The second-order valence-electron chi connectivity index (χ2n) is 8.74. The number of pyridine rings is 1. The molecule has 1 aliphatic heterocycles. The van der Waals surface area contributed by atoms with E-state index in [4.69, 9.17) is 14.2 Å². The molecule has 3 rings (SSSR count). The summed E-state index contributed by atoms with van der Waals surface area (Å²) in [4.78, 5) is 24.1. The van der Waals surface area contributed by atoms with Gasteiger partial charge in [0.15, 0.2) is 16.9 Å². The minimum absolute atomic E-state index is 0.0504. The van der Waals surface area contributed by atoms with Crippen LogP contribution in [-0.4, -0.2) is 43.1 Å². The maximum atomic E-state index is 12.6. The molecule has 0 saturated carbocycles. The van der Waals surface area contributed by atoms with Crippen molar-refractivity contribution in [3.05, 3.63) is 45.7 Å². The number of ether oxygens (including phenoxy) is 3. The summed E-state index contributed by atoms with van der Waals surface area (Å²) in [6.07, 6.45) is 5.00. The largest absolute Gasteiger partial charge is 0.493 e. The molecule has 2 heterocycles. The number of hydrogen-bond donors (Lipinski definition) is 1. The van der Waals surface area contributed by atoms with E-state index in [-0.39, 0.29) is 11.0 Å². The molecule has 7 heteroatoms. The molecule has 0 unspecified atom stereocenters. The van der Waals surface area contributed by atoms with Gasteiger partial charge in [-0.25, -0.2) is 4.79 Å². The number of methoxy groups -OCH3 is 2. The van der Waals surface area contributed by atoms with Gasteiger partial charge in [0.2, 0.25) is 0 Å². The molecule has 0 saturated heterocycles. The number of hydrogen-bond acceptors (Lipinski definition) is 5. The van der Waals surface area contributed by atoms with Gasteiger partial charge in [-0.1, -0.05) is 13.8 Å². The standard InChI is InChI=1S/C24H31NO6/c1-24(2)8-5-7-16-11-22(31-10-6-9-29-3)21(30-4)12-17(16)19-13-20(26)18(23(27)28)14-25(19)15-24/h11-14H,5-10,15H2,1-4H3,(H,27,28). The summed E-state index contributed by atoms with van der Waals surface area (Å²) in [6.45, 7) is 6.06. The van der Waals surface area contributed by atoms with Crippen LogP contribution in [0.4, 0.5) is 0 Å². The van der Waals surface area contributed by atoms with Crippen LogP contribution in [0.2, 0.25) is 0 Å². The van der Waals surface area contributed by atoms with Gasteiger partial charge in [-0.05, 0) is 42.4 Å². The lowest BCUT2D eigenvalue weighted by Crippen LogP contribution is -2.24. The van der Waals surface area contributed by atoms with E-state index < -0.39 is 11.4 Å². The van der Waals surface area contributed by atoms with Crippen molar-refractivity contribution in [2.75, 3.05) is 27.4 Å². The highest BCUT2D eigenvalue weighted by molar-refractivity contribution is 5.87. The van der Waals surface area contributed by atoms with Crippen LogP contribution in [0.15, 0.2) is 29.2 Å². The third-order valence-corrected chi connectivity index (χ3v) is 5.67. The third-order valence-electron chi connectivity index (χ3n) is 5.67. The number of nitrogens with zero attached hydrogens (tertiary/aromatic N) is 1. The first kappa shape index (κ1) is 22.9. The minimum atomic E-state index is -1.21. The molecule has 0 aliphatic carbocycles. The topological polar surface area (TPSA) is 87.0 Å². The fourth-order valence-electron chi connectivity index (χ4n) is 4.10. The number of carboxylic acid groups (broad SMARTS) is 1. The average Bonchev–Trinajstić information content (AvgIpc) is 2.76. The van der Waals surface area contributed by atoms with Gasteiger partial charge in [0, 0.05) is 44.5 Å². The Morgan fingerprint density at radius 1 is 1.16 bits per heavy atom. The number of aromatic carboxylic acids is 1. The van der Waals surface area contributed by atoms with Gasteiger partial charge in [0.05, 0.1) is 19.4 Å². The highest BCUT2D eigenvalue weighted by Crippen LogP contribution is 2.39. The number of fused-ring (bicyclic) bond motifs is 3. The highest BCUT2D eigenvalue weighted by Gasteiger charge is 2.25. The first-order valence-electron chi connectivity index (χ1n) is 10.6. The van der Waals surface area contributed by atoms with Crippen molar-refractivity contribution in [1.29, 1.82) is 0 Å². The van der Waals surface area contributed by atoms with Crippen LogP contribution >= 0.6 is 0 Å².